The number of thioether (sulfide) groups is 1. The number of aromatic nitrogens is 1. The molecule has 1 aliphatic rings. The Balaban J connectivity index is 1.64. The summed E-state index contributed by atoms with van der Waals surface area (Å²) in [4.78, 5) is 19.1. The van der Waals surface area contributed by atoms with Gasteiger partial charge in [-0.25, -0.2) is 8.42 Å². The van der Waals surface area contributed by atoms with Crippen LogP contribution in [0, 0.1) is 18.3 Å². The minimum atomic E-state index is -3.58. The van der Waals surface area contributed by atoms with Crippen molar-refractivity contribution < 1.29 is 13.2 Å². The first kappa shape index (κ1) is 22.3. The Kier molecular flexibility index (Phi) is 6.69. The first-order chi connectivity index (χ1) is 14.9. The molecule has 1 atom stereocenters. The number of fused-ring (bicyclic) bond motifs is 1. The fourth-order valence-electron chi connectivity index (χ4n) is 3.60. The molecule has 0 spiro atoms. The molecule has 2 aromatic heterocycles. The Bertz CT molecular complexity index is 1310. The minimum Gasteiger partial charge on any atom is -0.305 e. The summed E-state index contributed by atoms with van der Waals surface area (Å²) in [6.45, 7) is 0.884. The Labute approximate surface area is 193 Å². The van der Waals surface area contributed by atoms with Crippen LogP contribution in [0.5, 0.6) is 0 Å². The van der Waals surface area contributed by atoms with Gasteiger partial charge in [0.25, 0.3) is 15.9 Å². The summed E-state index contributed by atoms with van der Waals surface area (Å²) in [6, 6.07) is 9.39. The number of sulfonamides is 1. The number of amides is 1. The van der Waals surface area contributed by atoms with Gasteiger partial charge in [-0.15, -0.1) is 29.5 Å². The molecule has 1 unspecified atom stereocenters. The molecule has 1 aromatic carbocycles. The topological polar surface area (TPSA) is 71.7 Å². The molecular formula is C21H21N3O3S4. The smallest absolute Gasteiger partial charge is 0.252 e. The Morgan fingerprint density at radius 3 is 2.94 bits per heavy atom. The van der Waals surface area contributed by atoms with Gasteiger partial charge in [0.15, 0.2) is 4.80 Å². The lowest BCUT2D eigenvalue weighted by atomic mass is 9.99. The average Bonchev–Trinajstić information content (AvgIpc) is 3.43. The molecule has 3 heterocycles. The molecule has 0 N–H and O–H groups in total. The molecule has 1 amide bonds. The van der Waals surface area contributed by atoms with Crippen molar-refractivity contribution in [2.45, 2.75) is 28.5 Å². The van der Waals surface area contributed by atoms with Gasteiger partial charge in [0, 0.05) is 18.0 Å². The third kappa shape index (κ3) is 4.52. The monoisotopic (exact) mass is 491 g/mol. The summed E-state index contributed by atoms with van der Waals surface area (Å²) in [6.07, 6.45) is 8.81. The van der Waals surface area contributed by atoms with E-state index in [0.29, 0.717) is 34.9 Å². The molecule has 0 bridgehead atoms. The van der Waals surface area contributed by atoms with E-state index in [1.165, 1.54) is 27.0 Å². The minimum absolute atomic E-state index is 0.152. The molecule has 10 heteroatoms. The average molecular weight is 492 g/mol. The number of thiazole rings is 1. The van der Waals surface area contributed by atoms with Crippen LogP contribution in [0.2, 0.25) is 0 Å². The number of piperidine rings is 1. The molecule has 0 radical (unpaired) electrons. The van der Waals surface area contributed by atoms with E-state index in [1.54, 1.807) is 29.3 Å². The molecule has 0 saturated carbocycles. The van der Waals surface area contributed by atoms with Gasteiger partial charge in [0.05, 0.1) is 22.7 Å². The quantitative estimate of drug-likeness (QED) is 0.404. The summed E-state index contributed by atoms with van der Waals surface area (Å²) in [5.41, 5.74) is 0.942. The van der Waals surface area contributed by atoms with Gasteiger partial charge in [0.1, 0.15) is 4.21 Å². The van der Waals surface area contributed by atoms with Gasteiger partial charge in [0.2, 0.25) is 0 Å². The Morgan fingerprint density at radius 2 is 2.23 bits per heavy atom. The third-order valence-electron chi connectivity index (χ3n) is 5.17. The maximum absolute atomic E-state index is 13.0. The van der Waals surface area contributed by atoms with Gasteiger partial charge in [-0.3, -0.25) is 4.79 Å². The van der Waals surface area contributed by atoms with Gasteiger partial charge < -0.3 is 4.57 Å². The highest BCUT2D eigenvalue weighted by molar-refractivity contribution is 7.98. The first-order valence-electron chi connectivity index (χ1n) is 9.67. The van der Waals surface area contributed by atoms with Gasteiger partial charge >= 0.3 is 0 Å². The highest BCUT2D eigenvalue weighted by Gasteiger charge is 2.33. The maximum Gasteiger partial charge on any atom is 0.252 e. The summed E-state index contributed by atoms with van der Waals surface area (Å²) in [7, 11) is -3.58. The summed E-state index contributed by atoms with van der Waals surface area (Å²) in [5, 5.41) is 1.74. The van der Waals surface area contributed by atoms with E-state index in [9.17, 15) is 13.2 Å². The van der Waals surface area contributed by atoms with Crippen LogP contribution in [0.3, 0.4) is 0 Å². The lowest BCUT2D eigenvalue weighted by Crippen LogP contribution is -2.42. The van der Waals surface area contributed by atoms with Gasteiger partial charge in [-0.2, -0.15) is 9.30 Å². The van der Waals surface area contributed by atoms with E-state index in [-0.39, 0.29) is 12.5 Å². The first-order valence-corrected chi connectivity index (χ1v) is 14.0. The fourth-order valence-corrected chi connectivity index (χ4v) is 7.85. The van der Waals surface area contributed by atoms with Crippen LogP contribution in [0.25, 0.3) is 10.2 Å². The second-order valence-corrected chi connectivity index (χ2v) is 12.1. The maximum atomic E-state index is 13.0. The van der Waals surface area contributed by atoms with Crippen LogP contribution in [0.4, 0.5) is 0 Å². The number of terminal acetylenes is 1. The molecule has 1 aliphatic heterocycles. The highest BCUT2D eigenvalue weighted by Crippen LogP contribution is 2.27. The molecule has 1 saturated heterocycles. The molecular weight excluding hydrogens is 471 g/mol. The molecule has 1 fully saturated rings. The summed E-state index contributed by atoms with van der Waals surface area (Å²) < 4.78 is 30.3. The van der Waals surface area contributed by atoms with E-state index >= 15 is 0 Å². The number of carbonyl (C=O) groups excluding carboxylic acids is 1. The highest BCUT2D eigenvalue weighted by atomic mass is 32.2. The van der Waals surface area contributed by atoms with E-state index in [1.807, 2.05) is 23.0 Å². The number of nitrogens with zero attached hydrogens (tertiary/aromatic N) is 3. The zero-order chi connectivity index (χ0) is 22.0. The van der Waals surface area contributed by atoms with Crippen LogP contribution in [-0.2, 0) is 21.4 Å². The SMILES string of the molecule is C#CCn1c(=NC(=O)C2CCCN(S(=O)(=O)c3cccs3)C2)sc2cc(SC)ccc21. The molecule has 31 heavy (non-hydrogen) atoms. The van der Waals surface area contributed by atoms with Crippen LogP contribution in [0.1, 0.15) is 12.8 Å². The molecule has 162 valence electrons. The zero-order valence-electron chi connectivity index (χ0n) is 16.9. The van der Waals surface area contributed by atoms with E-state index < -0.39 is 15.9 Å². The van der Waals surface area contributed by atoms with Crippen molar-refractivity contribution in [1.82, 2.24) is 8.87 Å². The van der Waals surface area contributed by atoms with Crippen molar-refractivity contribution >= 4 is 60.6 Å². The lowest BCUT2D eigenvalue weighted by Gasteiger charge is -2.29. The van der Waals surface area contributed by atoms with Crippen molar-refractivity contribution in [2.24, 2.45) is 10.9 Å². The Hall–Kier alpha value is -1.90. The van der Waals surface area contributed by atoms with Gasteiger partial charge in [-0.05, 0) is 48.7 Å². The van der Waals surface area contributed by atoms with Crippen LogP contribution in [-0.4, -0.2) is 42.5 Å². The van der Waals surface area contributed by atoms with E-state index in [4.69, 9.17) is 6.42 Å². The third-order valence-corrected chi connectivity index (χ3v) is 10.2. The van der Waals surface area contributed by atoms with Crippen molar-refractivity contribution in [3.8, 4) is 12.3 Å². The molecule has 3 aromatic rings. The molecule has 0 aliphatic carbocycles. The Morgan fingerprint density at radius 1 is 1.39 bits per heavy atom. The van der Waals surface area contributed by atoms with E-state index in [2.05, 4.69) is 17.0 Å². The van der Waals surface area contributed by atoms with Gasteiger partial charge in [-0.1, -0.05) is 23.3 Å². The molecule has 6 nitrogen and oxygen atoms in total. The van der Waals surface area contributed by atoms with Crippen LogP contribution < -0.4 is 4.80 Å². The normalized spacial score (nSPS) is 18.3. The zero-order valence-corrected chi connectivity index (χ0v) is 20.1. The fraction of sp³-hybridized carbons (Fsp3) is 0.333. The number of rotatable bonds is 5. The predicted molar refractivity (Wildman–Crippen MR) is 127 cm³/mol. The van der Waals surface area contributed by atoms with Crippen LogP contribution >= 0.6 is 34.4 Å². The second-order valence-electron chi connectivity index (χ2n) is 7.09. The van der Waals surface area contributed by atoms with Crippen molar-refractivity contribution in [3.63, 3.8) is 0 Å². The van der Waals surface area contributed by atoms with Crippen molar-refractivity contribution in [3.05, 3.63) is 40.5 Å². The van der Waals surface area contributed by atoms with Crippen molar-refractivity contribution in [1.29, 1.82) is 0 Å². The number of hydrogen-bond donors (Lipinski definition) is 0. The molecule has 4 rings (SSSR count). The number of hydrogen-bond acceptors (Lipinski definition) is 6. The number of carbonyl (C=O) groups is 1. The van der Waals surface area contributed by atoms with E-state index in [0.717, 1.165) is 15.1 Å². The van der Waals surface area contributed by atoms with Crippen molar-refractivity contribution in [2.75, 3.05) is 19.3 Å². The number of benzene rings is 1. The second kappa shape index (κ2) is 9.30. The standard InChI is InChI=1S/C21H21N3O3S4/c1-3-10-24-17-9-8-16(28-2)13-18(17)30-21(24)22-20(25)15-6-4-11-23(14-15)31(26,27)19-7-5-12-29-19/h1,5,7-9,12-13,15H,4,6,10-11,14H2,2H3. The summed E-state index contributed by atoms with van der Waals surface area (Å²) in [5.74, 6) is 1.87. The predicted octanol–water partition coefficient (Wildman–Crippen LogP) is 3.65. The summed E-state index contributed by atoms with van der Waals surface area (Å²) >= 11 is 4.26. The lowest BCUT2D eigenvalue weighted by molar-refractivity contribution is -0.122. The largest absolute Gasteiger partial charge is 0.305 e. The number of thiophene rings is 1. The van der Waals surface area contributed by atoms with Crippen LogP contribution in [0.15, 0.2) is 49.8 Å².